The Morgan fingerprint density at radius 1 is 1.80 bits per heavy atom. The molecule has 0 nitrogen and oxygen atoms in total. The zero-order valence-corrected chi connectivity index (χ0v) is 5.57. The molecule has 1 unspecified atom stereocenters. The fourth-order valence-corrected chi connectivity index (χ4v) is 0. The number of hydrogen-bond acceptors (Lipinski definition) is 0. The first-order chi connectivity index (χ1) is 2.27. The monoisotopic (exact) mass is 85.0 g/mol. The lowest BCUT2D eigenvalue weighted by molar-refractivity contribution is 1.39. The fraction of sp³-hybridized carbons (Fsp3) is 0.250. The van der Waals surface area contributed by atoms with Gasteiger partial charge in [0.15, 0.2) is 0 Å². The van der Waals surface area contributed by atoms with Crippen LogP contribution in [0.15, 0.2) is 12.7 Å². The van der Waals surface area contributed by atoms with E-state index in [9.17, 15) is 0 Å². The first-order valence-corrected chi connectivity index (χ1v) is 2.88. The maximum Gasteiger partial charge on any atom is 0.0115 e. The first-order valence-electron chi connectivity index (χ1n) is 1.73. The molecule has 0 aliphatic heterocycles. The lowest BCUT2D eigenvalue weighted by Gasteiger charge is -1.83. The van der Waals surface area contributed by atoms with Crippen molar-refractivity contribution in [1.29, 1.82) is 0 Å². The molecule has 0 aromatic carbocycles. The average Bonchev–Trinajstić information content (AvgIpc) is 1.38. The minimum Gasteiger partial charge on any atom is -0.103 e. The molecule has 29 valence electrons. The molecule has 0 aromatic rings. The third-order valence-corrected chi connectivity index (χ3v) is 0.874. The van der Waals surface area contributed by atoms with Crippen LogP contribution in [0.25, 0.3) is 0 Å². The van der Waals surface area contributed by atoms with Crippen molar-refractivity contribution in [3.63, 3.8) is 0 Å². The smallest absolute Gasteiger partial charge is 0.0115 e. The maximum atomic E-state index is 3.70. The predicted molar refractivity (Wildman–Crippen MR) is 29.2 cm³/mol. The molecule has 0 aliphatic carbocycles. The zero-order valence-electron chi connectivity index (χ0n) is 3.57. The molecule has 0 N–H and O–H groups in total. The first kappa shape index (κ1) is 4.96. The van der Waals surface area contributed by atoms with Crippen molar-refractivity contribution in [2.75, 3.05) is 0 Å². The molecular formula is C4H9Si. The standard InChI is InChI=1S/C4H9Si/c1-3-4(2)5/h3-4H,1-2H2,5H3. The van der Waals surface area contributed by atoms with Crippen LogP contribution in [0.5, 0.6) is 0 Å². The van der Waals surface area contributed by atoms with Gasteiger partial charge in [-0.05, 0) is 5.54 Å². The zero-order chi connectivity index (χ0) is 4.28. The summed E-state index contributed by atoms with van der Waals surface area (Å²) in [6.07, 6.45) is 1.87. The maximum absolute atomic E-state index is 3.70. The minimum absolute atomic E-state index is 0.537. The molecule has 0 saturated carbocycles. The van der Waals surface area contributed by atoms with Crippen LogP contribution in [0.3, 0.4) is 0 Å². The van der Waals surface area contributed by atoms with Gasteiger partial charge in [-0.2, -0.15) is 0 Å². The molecule has 0 saturated heterocycles. The Bertz CT molecular complexity index is 30.6. The summed E-state index contributed by atoms with van der Waals surface area (Å²) in [7, 11) is 1.14. The van der Waals surface area contributed by atoms with E-state index < -0.39 is 0 Å². The Hall–Kier alpha value is -0.0431. The molecular weight excluding hydrogens is 76.1 g/mol. The fourth-order valence-electron chi connectivity index (χ4n) is 0. The van der Waals surface area contributed by atoms with E-state index in [0.29, 0.717) is 5.54 Å². The predicted octanol–water partition coefficient (Wildman–Crippen LogP) is 0.160. The quantitative estimate of drug-likeness (QED) is 0.314. The molecule has 1 atom stereocenters. The Kier molecular flexibility index (Phi) is 2.19. The lowest BCUT2D eigenvalue weighted by atomic mass is 10.5. The van der Waals surface area contributed by atoms with Crippen molar-refractivity contribution in [3.05, 3.63) is 19.6 Å². The second-order valence-corrected chi connectivity index (χ2v) is 2.70. The van der Waals surface area contributed by atoms with E-state index in [2.05, 4.69) is 13.5 Å². The molecule has 0 amide bonds. The summed E-state index contributed by atoms with van der Waals surface area (Å²) in [4.78, 5) is 0. The van der Waals surface area contributed by atoms with Gasteiger partial charge in [0, 0.05) is 10.2 Å². The number of hydrogen-bond donors (Lipinski definition) is 0. The van der Waals surface area contributed by atoms with Gasteiger partial charge in [-0.15, -0.1) is 6.58 Å². The summed E-state index contributed by atoms with van der Waals surface area (Å²) in [5, 5.41) is 0. The molecule has 0 aromatic heterocycles. The van der Waals surface area contributed by atoms with Crippen molar-refractivity contribution in [2.24, 2.45) is 0 Å². The van der Waals surface area contributed by atoms with E-state index in [1.807, 2.05) is 6.08 Å². The van der Waals surface area contributed by atoms with E-state index in [0.717, 1.165) is 10.2 Å². The third kappa shape index (κ3) is 3.96. The summed E-state index contributed by atoms with van der Waals surface area (Å²) in [6, 6.07) is 0. The van der Waals surface area contributed by atoms with Gasteiger partial charge in [0.1, 0.15) is 0 Å². The van der Waals surface area contributed by atoms with Crippen LogP contribution in [0.2, 0.25) is 5.54 Å². The van der Waals surface area contributed by atoms with Crippen molar-refractivity contribution in [3.8, 4) is 0 Å². The van der Waals surface area contributed by atoms with Crippen molar-refractivity contribution < 1.29 is 0 Å². The molecule has 1 heteroatoms. The van der Waals surface area contributed by atoms with E-state index in [1.165, 1.54) is 0 Å². The molecule has 0 aliphatic rings. The summed E-state index contributed by atoms with van der Waals surface area (Å²) in [6.45, 7) is 7.23. The van der Waals surface area contributed by atoms with Crippen LogP contribution in [0, 0.1) is 6.92 Å². The van der Waals surface area contributed by atoms with Gasteiger partial charge in [0.25, 0.3) is 0 Å². The normalized spacial score (nSPS) is 14.6. The second kappa shape index (κ2) is 2.21. The topological polar surface area (TPSA) is 0 Å². The van der Waals surface area contributed by atoms with E-state index in [-0.39, 0.29) is 0 Å². The molecule has 0 heterocycles. The second-order valence-electron chi connectivity index (χ2n) is 1.21. The van der Waals surface area contributed by atoms with Crippen molar-refractivity contribution >= 4 is 10.2 Å². The SMILES string of the molecule is [CH2]C([SiH3])C=C. The molecule has 0 rings (SSSR count). The van der Waals surface area contributed by atoms with Gasteiger partial charge in [-0.25, -0.2) is 0 Å². The highest BCUT2D eigenvalue weighted by molar-refractivity contribution is 6.13. The highest BCUT2D eigenvalue weighted by atomic mass is 28.1. The molecule has 0 bridgehead atoms. The van der Waals surface area contributed by atoms with E-state index in [4.69, 9.17) is 0 Å². The molecule has 5 heavy (non-hydrogen) atoms. The van der Waals surface area contributed by atoms with Gasteiger partial charge >= 0.3 is 0 Å². The summed E-state index contributed by atoms with van der Waals surface area (Å²) in [5.41, 5.74) is 0.537. The van der Waals surface area contributed by atoms with Crippen LogP contribution in [-0.2, 0) is 0 Å². The van der Waals surface area contributed by atoms with E-state index in [1.54, 1.807) is 0 Å². The summed E-state index contributed by atoms with van der Waals surface area (Å²) >= 11 is 0. The molecule has 1 radical (unpaired) electrons. The summed E-state index contributed by atoms with van der Waals surface area (Å²) < 4.78 is 0. The van der Waals surface area contributed by atoms with E-state index >= 15 is 0 Å². The highest BCUT2D eigenvalue weighted by Gasteiger charge is 1.74. The Morgan fingerprint density at radius 2 is 2.00 bits per heavy atom. The lowest BCUT2D eigenvalue weighted by Crippen LogP contribution is -1.71. The van der Waals surface area contributed by atoms with Gasteiger partial charge in [-0.1, -0.05) is 13.0 Å². The minimum atomic E-state index is 0.537. The van der Waals surface area contributed by atoms with Crippen molar-refractivity contribution in [2.45, 2.75) is 5.54 Å². The van der Waals surface area contributed by atoms with Gasteiger partial charge in [0.05, 0.1) is 0 Å². The third-order valence-electron chi connectivity index (χ3n) is 0.402. The number of allylic oxidation sites excluding steroid dienone is 1. The molecule has 0 spiro atoms. The van der Waals surface area contributed by atoms with Gasteiger partial charge in [0.2, 0.25) is 0 Å². The van der Waals surface area contributed by atoms with Gasteiger partial charge in [-0.3, -0.25) is 0 Å². The Morgan fingerprint density at radius 3 is 2.00 bits per heavy atom. The largest absolute Gasteiger partial charge is 0.103 e. The Balaban J connectivity index is 2.83. The summed E-state index contributed by atoms with van der Waals surface area (Å²) in [5.74, 6) is 0. The van der Waals surface area contributed by atoms with Gasteiger partial charge < -0.3 is 0 Å². The number of rotatable bonds is 1. The highest BCUT2D eigenvalue weighted by Crippen LogP contribution is 1.90. The molecule has 0 fully saturated rings. The van der Waals surface area contributed by atoms with Crippen LogP contribution >= 0.6 is 0 Å². The van der Waals surface area contributed by atoms with Crippen molar-refractivity contribution in [1.82, 2.24) is 0 Å². The van der Waals surface area contributed by atoms with Crippen LogP contribution in [0.1, 0.15) is 0 Å². The Labute approximate surface area is 36.3 Å². The van der Waals surface area contributed by atoms with Crippen LogP contribution in [0.4, 0.5) is 0 Å². The van der Waals surface area contributed by atoms with Crippen LogP contribution < -0.4 is 0 Å². The average molecular weight is 85.2 g/mol. The van der Waals surface area contributed by atoms with Crippen LogP contribution in [-0.4, -0.2) is 10.2 Å².